The number of carbonyl (C=O) groups is 1. The molecule has 0 saturated carbocycles. The molecule has 3 N–H and O–H groups in total. The molecule has 5 atom stereocenters. The highest BCUT2D eigenvalue weighted by Gasteiger charge is 2.35. The number of aliphatic hydroxyl groups excluding tert-OH is 2. The van der Waals surface area contributed by atoms with Crippen LogP contribution in [0.1, 0.15) is 84.5 Å². The minimum absolute atomic E-state index is 0.0260. The molecule has 1 unspecified atom stereocenters. The van der Waals surface area contributed by atoms with Gasteiger partial charge in [0.25, 0.3) is 0 Å². The molecule has 1 aliphatic heterocycles. The molecule has 6 heteroatoms. The van der Waals surface area contributed by atoms with Gasteiger partial charge in [-0.3, -0.25) is 4.79 Å². The Bertz CT molecular complexity index is 362. The number of rotatable bonds is 13. The van der Waals surface area contributed by atoms with E-state index in [1.54, 1.807) is 6.92 Å². The monoisotopic (exact) mass is 360 g/mol. The number of carboxylic acid groups (broad SMARTS) is 1. The third-order valence-electron chi connectivity index (χ3n) is 4.81. The van der Waals surface area contributed by atoms with E-state index in [-0.39, 0.29) is 18.6 Å². The van der Waals surface area contributed by atoms with Crippen LogP contribution in [0.25, 0.3) is 0 Å². The van der Waals surface area contributed by atoms with E-state index in [0.717, 1.165) is 38.5 Å². The van der Waals surface area contributed by atoms with Crippen molar-refractivity contribution in [1.82, 2.24) is 0 Å². The lowest BCUT2D eigenvalue weighted by atomic mass is 10.0. The zero-order valence-corrected chi connectivity index (χ0v) is 15.7. The summed E-state index contributed by atoms with van der Waals surface area (Å²) in [7, 11) is 0. The first-order valence-corrected chi connectivity index (χ1v) is 9.79. The number of ether oxygens (including phenoxy) is 2. The highest BCUT2D eigenvalue weighted by molar-refractivity contribution is 5.66. The fourth-order valence-electron chi connectivity index (χ4n) is 3.13. The van der Waals surface area contributed by atoms with Gasteiger partial charge in [-0.05, 0) is 26.7 Å². The number of hydrogen-bond donors (Lipinski definition) is 3. The largest absolute Gasteiger partial charge is 0.481 e. The van der Waals surface area contributed by atoms with Gasteiger partial charge >= 0.3 is 5.97 Å². The van der Waals surface area contributed by atoms with Gasteiger partial charge in [-0.2, -0.15) is 0 Å². The van der Waals surface area contributed by atoms with Crippen LogP contribution in [0, 0.1) is 0 Å². The molecule has 0 aromatic carbocycles. The van der Waals surface area contributed by atoms with Crippen molar-refractivity contribution in [2.75, 3.05) is 0 Å². The van der Waals surface area contributed by atoms with Crippen LogP contribution in [0.5, 0.6) is 0 Å². The van der Waals surface area contributed by atoms with E-state index in [0.29, 0.717) is 6.42 Å². The first kappa shape index (κ1) is 22.4. The quantitative estimate of drug-likeness (QED) is 0.436. The van der Waals surface area contributed by atoms with E-state index < -0.39 is 24.5 Å². The van der Waals surface area contributed by atoms with Crippen molar-refractivity contribution in [3.63, 3.8) is 0 Å². The summed E-state index contributed by atoms with van der Waals surface area (Å²) >= 11 is 0. The molecule has 0 bridgehead atoms. The predicted molar refractivity (Wildman–Crippen MR) is 95.3 cm³/mol. The molecule has 0 aliphatic carbocycles. The molecule has 148 valence electrons. The average Bonchev–Trinajstić information content (AvgIpc) is 2.54. The fourth-order valence-corrected chi connectivity index (χ4v) is 3.13. The van der Waals surface area contributed by atoms with Crippen molar-refractivity contribution in [2.24, 2.45) is 0 Å². The first-order chi connectivity index (χ1) is 11.9. The van der Waals surface area contributed by atoms with Crippen LogP contribution >= 0.6 is 0 Å². The number of unbranched alkanes of at least 4 members (excludes halogenated alkanes) is 7. The summed E-state index contributed by atoms with van der Waals surface area (Å²) < 4.78 is 11.3. The Morgan fingerprint density at radius 2 is 1.60 bits per heavy atom. The van der Waals surface area contributed by atoms with Crippen molar-refractivity contribution in [3.8, 4) is 0 Å². The Kier molecular flexibility index (Phi) is 11.3. The van der Waals surface area contributed by atoms with Gasteiger partial charge in [0.05, 0.1) is 18.3 Å². The Hall–Kier alpha value is -0.690. The first-order valence-electron chi connectivity index (χ1n) is 9.79. The van der Waals surface area contributed by atoms with Crippen LogP contribution in [-0.4, -0.2) is 52.0 Å². The molecular formula is C19H36O6. The van der Waals surface area contributed by atoms with Gasteiger partial charge < -0.3 is 24.8 Å². The number of aliphatic carboxylic acids is 1. The van der Waals surface area contributed by atoms with Crippen LogP contribution in [0.2, 0.25) is 0 Å². The van der Waals surface area contributed by atoms with E-state index in [1.165, 1.54) is 19.3 Å². The van der Waals surface area contributed by atoms with Crippen LogP contribution < -0.4 is 0 Å². The summed E-state index contributed by atoms with van der Waals surface area (Å²) in [4.78, 5) is 10.4. The second-order valence-corrected chi connectivity index (χ2v) is 7.29. The molecule has 1 rings (SSSR count). The molecule has 0 amide bonds. The lowest BCUT2D eigenvalue weighted by Gasteiger charge is -2.36. The van der Waals surface area contributed by atoms with E-state index in [2.05, 4.69) is 0 Å². The van der Waals surface area contributed by atoms with Crippen LogP contribution in [0.15, 0.2) is 0 Å². The van der Waals surface area contributed by atoms with E-state index in [9.17, 15) is 15.0 Å². The molecule has 1 fully saturated rings. The third kappa shape index (κ3) is 10.1. The lowest BCUT2D eigenvalue weighted by Crippen LogP contribution is -2.48. The van der Waals surface area contributed by atoms with Gasteiger partial charge in [0, 0.05) is 12.8 Å². The second kappa shape index (κ2) is 12.6. The minimum atomic E-state index is -0.769. The van der Waals surface area contributed by atoms with Crippen LogP contribution in [0.4, 0.5) is 0 Å². The van der Waals surface area contributed by atoms with Crippen molar-refractivity contribution < 1.29 is 29.6 Å². The zero-order valence-electron chi connectivity index (χ0n) is 15.7. The Morgan fingerprint density at radius 3 is 2.20 bits per heavy atom. The standard InChI is InChI=1S/C19H36O6/c1-14(24-19-17(21)13-16(20)15(2)25-19)11-9-7-5-3-4-6-8-10-12-18(22)23/h14-17,19-21H,3-13H2,1-2H3,(H,22,23)/t14-,15?,16-,17-,19-/m1/s1. The number of carboxylic acids is 1. The van der Waals surface area contributed by atoms with Crippen LogP contribution in [0.3, 0.4) is 0 Å². The predicted octanol–water partition coefficient (Wildman–Crippen LogP) is 3.23. The normalized spacial score (nSPS) is 28.0. The Morgan fingerprint density at radius 1 is 1.04 bits per heavy atom. The summed E-state index contributed by atoms with van der Waals surface area (Å²) in [6.45, 7) is 3.79. The van der Waals surface area contributed by atoms with Crippen molar-refractivity contribution in [3.05, 3.63) is 0 Å². The van der Waals surface area contributed by atoms with Crippen molar-refractivity contribution in [2.45, 2.75) is 115 Å². The highest BCUT2D eigenvalue weighted by Crippen LogP contribution is 2.23. The minimum Gasteiger partial charge on any atom is -0.481 e. The molecule has 1 aliphatic rings. The highest BCUT2D eigenvalue weighted by atomic mass is 16.7. The topological polar surface area (TPSA) is 96.2 Å². The second-order valence-electron chi connectivity index (χ2n) is 7.29. The van der Waals surface area contributed by atoms with E-state index in [4.69, 9.17) is 14.6 Å². The molecule has 0 aromatic rings. The van der Waals surface area contributed by atoms with Gasteiger partial charge in [-0.15, -0.1) is 0 Å². The number of aliphatic hydroxyl groups is 2. The molecule has 1 heterocycles. The molecule has 0 spiro atoms. The van der Waals surface area contributed by atoms with Crippen molar-refractivity contribution in [1.29, 1.82) is 0 Å². The maximum absolute atomic E-state index is 10.4. The zero-order chi connectivity index (χ0) is 18.7. The van der Waals surface area contributed by atoms with Gasteiger partial charge in [0.2, 0.25) is 0 Å². The molecule has 0 radical (unpaired) electrons. The number of hydrogen-bond acceptors (Lipinski definition) is 5. The van der Waals surface area contributed by atoms with E-state index in [1.807, 2.05) is 6.92 Å². The van der Waals surface area contributed by atoms with Gasteiger partial charge in [-0.1, -0.05) is 44.9 Å². The summed E-state index contributed by atoms with van der Waals surface area (Å²) in [5, 5.41) is 28.1. The summed E-state index contributed by atoms with van der Waals surface area (Å²) in [6.07, 6.45) is 7.91. The summed E-state index contributed by atoms with van der Waals surface area (Å²) in [5.41, 5.74) is 0. The summed E-state index contributed by atoms with van der Waals surface area (Å²) in [5.74, 6) is -0.701. The van der Waals surface area contributed by atoms with Gasteiger partial charge in [0.15, 0.2) is 6.29 Å². The van der Waals surface area contributed by atoms with Gasteiger partial charge in [-0.25, -0.2) is 0 Å². The SMILES string of the molecule is CC1O[C@@H](O[C@H](C)CCCCCCCCCCC(=O)O)[C@H](O)C[C@H]1O. The Labute approximate surface area is 151 Å². The lowest BCUT2D eigenvalue weighted by molar-refractivity contribution is -0.273. The molecule has 0 aromatic heterocycles. The summed E-state index contributed by atoms with van der Waals surface area (Å²) in [6, 6.07) is 0. The molecule has 1 saturated heterocycles. The molecule has 25 heavy (non-hydrogen) atoms. The van der Waals surface area contributed by atoms with E-state index >= 15 is 0 Å². The molecular weight excluding hydrogens is 324 g/mol. The Balaban J connectivity index is 1.96. The average molecular weight is 360 g/mol. The fraction of sp³-hybridized carbons (Fsp3) is 0.947. The maximum atomic E-state index is 10.4. The van der Waals surface area contributed by atoms with Crippen LogP contribution in [-0.2, 0) is 14.3 Å². The van der Waals surface area contributed by atoms with Gasteiger partial charge in [0.1, 0.15) is 6.10 Å². The van der Waals surface area contributed by atoms with Crippen molar-refractivity contribution >= 4 is 5.97 Å². The smallest absolute Gasteiger partial charge is 0.303 e. The molecule has 6 nitrogen and oxygen atoms in total. The maximum Gasteiger partial charge on any atom is 0.303 e. The third-order valence-corrected chi connectivity index (χ3v) is 4.81.